The molecule has 1 aliphatic heterocycles. The number of carboxylic acid groups (broad SMARTS) is 1. The Kier molecular flexibility index (Phi) is 4.35. The van der Waals surface area contributed by atoms with Crippen molar-refractivity contribution < 1.29 is 24.2 Å². The van der Waals surface area contributed by atoms with Gasteiger partial charge in [-0.25, -0.2) is 4.79 Å². The van der Waals surface area contributed by atoms with Crippen LogP contribution >= 0.6 is 0 Å². The maximum Gasteiger partial charge on any atom is 0.341 e. The van der Waals surface area contributed by atoms with Crippen LogP contribution < -0.4 is 10.1 Å². The van der Waals surface area contributed by atoms with Crippen LogP contribution in [0.3, 0.4) is 0 Å². The Balaban J connectivity index is 1.94. The van der Waals surface area contributed by atoms with Crippen LogP contribution in [-0.2, 0) is 14.3 Å². The molecule has 102 valence electrons. The highest BCUT2D eigenvalue weighted by molar-refractivity contribution is 5.94. The van der Waals surface area contributed by atoms with Gasteiger partial charge in [-0.1, -0.05) is 6.07 Å². The molecule has 0 aliphatic carbocycles. The molecule has 1 fully saturated rings. The van der Waals surface area contributed by atoms with Crippen molar-refractivity contribution >= 4 is 17.6 Å². The predicted molar refractivity (Wildman–Crippen MR) is 67.2 cm³/mol. The molecule has 1 aromatic rings. The van der Waals surface area contributed by atoms with Gasteiger partial charge in [-0.3, -0.25) is 4.79 Å². The first kappa shape index (κ1) is 13.4. The van der Waals surface area contributed by atoms with Gasteiger partial charge in [-0.15, -0.1) is 0 Å². The third-order valence-corrected chi connectivity index (χ3v) is 2.69. The number of rotatable bonds is 5. The van der Waals surface area contributed by atoms with Crippen molar-refractivity contribution in [2.24, 2.45) is 0 Å². The van der Waals surface area contributed by atoms with Crippen molar-refractivity contribution in [2.75, 3.05) is 18.5 Å². The van der Waals surface area contributed by atoms with E-state index in [2.05, 4.69) is 5.32 Å². The van der Waals surface area contributed by atoms with Gasteiger partial charge < -0.3 is 19.9 Å². The molecule has 2 N–H and O–H groups in total. The summed E-state index contributed by atoms with van der Waals surface area (Å²) in [6.07, 6.45) is 1.21. The highest BCUT2D eigenvalue weighted by atomic mass is 16.5. The van der Waals surface area contributed by atoms with E-state index < -0.39 is 18.7 Å². The number of nitrogens with one attached hydrogen (secondary N) is 1. The smallest absolute Gasteiger partial charge is 0.341 e. The third-order valence-electron chi connectivity index (χ3n) is 2.69. The number of carboxylic acids is 1. The normalized spacial score (nSPS) is 18.0. The first-order chi connectivity index (χ1) is 9.15. The number of amides is 1. The van der Waals surface area contributed by atoms with Crippen LogP contribution in [0, 0.1) is 0 Å². The zero-order valence-corrected chi connectivity index (χ0v) is 10.3. The summed E-state index contributed by atoms with van der Waals surface area (Å²) in [7, 11) is 0. The second-order valence-electron chi connectivity index (χ2n) is 4.20. The third kappa shape index (κ3) is 3.96. The zero-order chi connectivity index (χ0) is 13.7. The van der Waals surface area contributed by atoms with Gasteiger partial charge in [-0.2, -0.15) is 0 Å². The Morgan fingerprint density at radius 3 is 3.00 bits per heavy atom. The minimum Gasteiger partial charge on any atom is -0.482 e. The van der Waals surface area contributed by atoms with Crippen molar-refractivity contribution in [3.63, 3.8) is 0 Å². The maximum absolute atomic E-state index is 11.8. The standard InChI is InChI=1S/C13H15NO5/c15-12(16)8-19-10-4-1-3-9(7-10)14-13(17)11-5-2-6-18-11/h1,3-4,7,11H,2,5-6,8H2,(H,14,17)(H,15,16)/t11-/m1/s1. The summed E-state index contributed by atoms with van der Waals surface area (Å²) in [5.41, 5.74) is 0.559. The Morgan fingerprint density at radius 2 is 2.32 bits per heavy atom. The van der Waals surface area contributed by atoms with Crippen molar-refractivity contribution in [1.82, 2.24) is 0 Å². The molecule has 0 radical (unpaired) electrons. The van der Waals surface area contributed by atoms with Crippen molar-refractivity contribution in [3.8, 4) is 5.75 Å². The van der Waals surface area contributed by atoms with Crippen molar-refractivity contribution in [3.05, 3.63) is 24.3 Å². The van der Waals surface area contributed by atoms with Gasteiger partial charge in [0.2, 0.25) is 0 Å². The van der Waals surface area contributed by atoms with E-state index in [1.54, 1.807) is 24.3 Å². The Bertz CT molecular complexity index is 468. The Labute approximate surface area is 110 Å². The lowest BCUT2D eigenvalue weighted by atomic mass is 10.2. The number of hydrogen-bond donors (Lipinski definition) is 2. The van der Waals surface area contributed by atoms with Crippen LogP contribution in [-0.4, -0.2) is 36.3 Å². The fraction of sp³-hybridized carbons (Fsp3) is 0.385. The molecule has 1 atom stereocenters. The number of anilines is 1. The Hall–Kier alpha value is -2.08. The molecule has 1 aromatic carbocycles. The summed E-state index contributed by atoms with van der Waals surface area (Å²) < 4.78 is 10.3. The molecule has 19 heavy (non-hydrogen) atoms. The molecule has 6 heteroatoms. The highest BCUT2D eigenvalue weighted by Gasteiger charge is 2.23. The fourth-order valence-corrected chi connectivity index (χ4v) is 1.82. The van der Waals surface area contributed by atoms with Gasteiger partial charge in [0.1, 0.15) is 11.9 Å². The quantitative estimate of drug-likeness (QED) is 0.837. The molecule has 0 aromatic heterocycles. The summed E-state index contributed by atoms with van der Waals surface area (Å²) in [5, 5.41) is 11.2. The first-order valence-corrected chi connectivity index (χ1v) is 6.02. The molecule has 1 aliphatic rings. The van der Waals surface area contributed by atoms with Crippen LogP contribution in [0.25, 0.3) is 0 Å². The maximum atomic E-state index is 11.8. The number of carbonyl (C=O) groups excluding carboxylic acids is 1. The number of benzene rings is 1. The summed E-state index contributed by atoms with van der Waals surface area (Å²) in [5.74, 6) is -0.839. The lowest BCUT2D eigenvalue weighted by Crippen LogP contribution is -2.26. The molecule has 1 heterocycles. The van der Waals surface area contributed by atoms with Crippen LogP contribution in [0.4, 0.5) is 5.69 Å². The second-order valence-corrected chi connectivity index (χ2v) is 4.20. The molecule has 0 saturated carbocycles. The van der Waals surface area contributed by atoms with E-state index in [0.717, 1.165) is 12.8 Å². The van der Waals surface area contributed by atoms with E-state index in [-0.39, 0.29) is 5.91 Å². The summed E-state index contributed by atoms with van der Waals surface area (Å²) in [6.45, 7) is 0.197. The van der Waals surface area contributed by atoms with Crippen molar-refractivity contribution in [2.45, 2.75) is 18.9 Å². The second kappa shape index (κ2) is 6.19. The van der Waals surface area contributed by atoms with Gasteiger partial charge in [-0.05, 0) is 25.0 Å². The molecule has 2 rings (SSSR count). The lowest BCUT2D eigenvalue weighted by molar-refractivity contribution is -0.139. The molecular weight excluding hydrogens is 250 g/mol. The molecule has 6 nitrogen and oxygen atoms in total. The number of aliphatic carboxylic acids is 1. The van der Waals surface area contributed by atoms with Gasteiger partial charge >= 0.3 is 5.97 Å². The number of hydrogen-bond acceptors (Lipinski definition) is 4. The lowest BCUT2D eigenvalue weighted by Gasteiger charge is -2.11. The topological polar surface area (TPSA) is 84.9 Å². The van der Waals surface area contributed by atoms with E-state index in [1.165, 1.54) is 0 Å². The average molecular weight is 265 g/mol. The number of ether oxygens (including phenoxy) is 2. The van der Waals surface area contributed by atoms with E-state index in [0.29, 0.717) is 18.0 Å². The molecular formula is C13H15NO5. The van der Waals surface area contributed by atoms with E-state index in [9.17, 15) is 9.59 Å². The minimum atomic E-state index is -1.05. The molecule has 0 unspecified atom stereocenters. The predicted octanol–water partition coefficient (Wildman–Crippen LogP) is 1.27. The van der Waals surface area contributed by atoms with Crippen LogP contribution in [0.15, 0.2) is 24.3 Å². The van der Waals surface area contributed by atoms with Crippen LogP contribution in [0.2, 0.25) is 0 Å². The van der Waals surface area contributed by atoms with Gasteiger partial charge in [0.05, 0.1) is 0 Å². The molecule has 1 saturated heterocycles. The molecule has 1 amide bonds. The SMILES string of the molecule is O=C(O)COc1cccc(NC(=O)[C@H]2CCCO2)c1. The fourth-order valence-electron chi connectivity index (χ4n) is 1.82. The van der Waals surface area contributed by atoms with E-state index >= 15 is 0 Å². The first-order valence-electron chi connectivity index (χ1n) is 6.02. The van der Waals surface area contributed by atoms with Gasteiger partial charge in [0.25, 0.3) is 5.91 Å². The summed E-state index contributed by atoms with van der Waals surface area (Å²) in [4.78, 5) is 22.2. The molecule has 0 bridgehead atoms. The van der Waals surface area contributed by atoms with Gasteiger partial charge in [0.15, 0.2) is 6.61 Å². The monoisotopic (exact) mass is 265 g/mol. The summed E-state index contributed by atoms with van der Waals surface area (Å²) in [6, 6.07) is 6.60. The van der Waals surface area contributed by atoms with Gasteiger partial charge in [0, 0.05) is 18.4 Å². The highest BCUT2D eigenvalue weighted by Crippen LogP contribution is 2.19. The minimum absolute atomic E-state index is 0.187. The van der Waals surface area contributed by atoms with E-state index in [4.69, 9.17) is 14.6 Å². The van der Waals surface area contributed by atoms with Crippen molar-refractivity contribution in [1.29, 1.82) is 0 Å². The summed E-state index contributed by atoms with van der Waals surface area (Å²) >= 11 is 0. The van der Waals surface area contributed by atoms with E-state index in [1.807, 2.05) is 0 Å². The molecule has 0 spiro atoms. The van der Waals surface area contributed by atoms with Crippen LogP contribution in [0.1, 0.15) is 12.8 Å². The zero-order valence-electron chi connectivity index (χ0n) is 10.3. The number of carbonyl (C=O) groups is 2. The largest absolute Gasteiger partial charge is 0.482 e. The van der Waals surface area contributed by atoms with Crippen LogP contribution in [0.5, 0.6) is 5.75 Å². The average Bonchev–Trinajstić information content (AvgIpc) is 2.91. The Morgan fingerprint density at radius 1 is 1.47 bits per heavy atom.